The molecule has 4 N–H and O–H groups in total. The zero-order valence-corrected chi connectivity index (χ0v) is 11.8. The summed E-state index contributed by atoms with van der Waals surface area (Å²) in [4.78, 5) is 14.6. The van der Waals surface area contributed by atoms with Gasteiger partial charge in [-0.3, -0.25) is 0 Å². The van der Waals surface area contributed by atoms with Crippen molar-refractivity contribution in [1.29, 1.82) is 0 Å². The van der Waals surface area contributed by atoms with Gasteiger partial charge in [0.2, 0.25) is 0 Å². The summed E-state index contributed by atoms with van der Waals surface area (Å²) in [6.07, 6.45) is 1.53. The van der Waals surface area contributed by atoms with Gasteiger partial charge in [0.05, 0.1) is 5.69 Å². The molecule has 1 aromatic carbocycles. The van der Waals surface area contributed by atoms with Gasteiger partial charge >= 0.3 is 6.09 Å². The third-order valence-corrected chi connectivity index (χ3v) is 3.67. The summed E-state index contributed by atoms with van der Waals surface area (Å²) in [7, 11) is 0. The Morgan fingerprint density at radius 2 is 1.85 bits per heavy atom. The summed E-state index contributed by atoms with van der Waals surface area (Å²) < 4.78 is 0. The molecular formula is C14H17N3O2S. The van der Waals surface area contributed by atoms with E-state index in [1.54, 1.807) is 0 Å². The van der Waals surface area contributed by atoms with Crippen molar-refractivity contribution >= 4 is 22.6 Å². The molecule has 0 unspecified atom stereocenters. The molecule has 0 saturated carbocycles. The Kier molecular flexibility index (Phi) is 4.95. The number of benzene rings is 1. The number of aryl methyl sites for hydroxylation is 2. The zero-order chi connectivity index (χ0) is 14.4. The average Bonchev–Trinajstić information content (AvgIpc) is 2.83. The highest BCUT2D eigenvalue weighted by Crippen LogP contribution is 2.14. The summed E-state index contributed by atoms with van der Waals surface area (Å²) in [6.45, 7) is 0.437. The van der Waals surface area contributed by atoms with Crippen LogP contribution in [0.25, 0.3) is 0 Å². The smallest absolute Gasteiger partial charge is 0.404 e. The highest BCUT2D eigenvalue weighted by Gasteiger charge is 2.01. The van der Waals surface area contributed by atoms with Crippen molar-refractivity contribution in [3.63, 3.8) is 0 Å². The lowest BCUT2D eigenvalue weighted by molar-refractivity contribution is 0.194. The first-order valence-corrected chi connectivity index (χ1v) is 7.26. The van der Waals surface area contributed by atoms with E-state index in [0.717, 1.165) is 24.1 Å². The molecule has 5 nitrogen and oxygen atoms in total. The van der Waals surface area contributed by atoms with E-state index in [-0.39, 0.29) is 0 Å². The molecule has 6 heteroatoms. The van der Waals surface area contributed by atoms with Gasteiger partial charge in [-0.15, -0.1) is 11.3 Å². The number of amides is 1. The van der Waals surface area contributed by atoms with Crippen molar-refractivity contribution in [2.24, 2.45) is 0 Å². The molecule has 0 aliphatic rings. The number of rotatable bonds is 6. The van der Waals surface area contributed by atoms with Crippen LogP contribution in [0.5, 0.6) is 0 Å². The molecular weight excluding hydrogens is 274 g/mol. The maximum Gasteiger partial charge on any atom is 0.404 e. The second-order valence-corrected chi connectivity index (χ2v) is 5.37. The molecule has 2 rings (SSSR count). The van der Waals surface area contributed by atoms with Crippen molar-refractivity contribution in [2.45, 2.75) is 19.3 Å². The Morgan fingerprint density at radius 1 is 1.20 bits per heavy atom. The van der Waals surface area contributed by atoms with Gasteiger partial charge in [0.25, 0.3) is 0 Å². The first kappa shape index (κ1) is 14.3. The molecule has 0 fully saturated rings. The maximum atomic E-state index is 10.3. The summed E-state index contributed by atoms with van der Waals surface area (Å²) in [6, 6.07) is 8.22. The van der Waals surface area contributed by atoms with Crippen LogP contribution in [0.15, 0.2) is 29.6 Å². The first-order chi connectivity index (χ1) is 9.63. The van der Waals surface area contributed by atoms with Crippen molar-refractivity contribution in [2.75, 3.05) is 12.3 Å². The predicted octanol–water partition coefficient (Wildman–Crippen LogP) is 2.32. The van der Waals surface area contributed by atoms with Crippen LogP contribution in [0, 0.1) is 0 Å². The van der Waals surface area contributed by atoms with E-state index >= 15 is 0 Å². The number of nitrogens with one attached hydrogen (secondary N) is 1. The Labute approximate surface area is 121 Å². The summed E-state index contributed by atoms with van der Waals surface area (Å²) in [5.74, 6) is 0. The Hall–Kier alpha value is -2.08. The van der Waals surface area contributed by atoms with E-state index in [9.17, 15) is 4.79 Å². The van der Waals surface area contributed by atoms with Crippen LogP contribution in [0.3, 0.4) is 0 Å². The number of nitrogen functional groups attached to an aromatic ring is 1. The van der Waals surface area contributed by atoms with Crippen LogP contribution >= 0.6 is 11.3 Å². The van der Waals surface area contributed by atoms with Crippen LogP contribution < -0.4 is 11.1 Å². The second-order valence-electron chi connectivity index (χ2n) is 4.48. The second kappa shape index (κ2) is 6.91. The highest BCUT2D eigenvalue weighted by molar-refractivity contribution is 7.13. The van der Waals surface area contributed by atoms with Gasteiger partial charge < -0.3 is 16.2 Å². The molecule has 2 aromatic rings. The number of carboxylic acid groups (broad SMARTS) is 1. The minimum atomic E-state index is -0.982. The molecule has 1 amide bonds. The lowest BCUT2D eigenvalue weighted by atomic mass is 10.0. The third kappa shape index (κ3) is 4.55. The van der Waals surface area contributed by atoms with Crippen LogP contribution in [0.2, 0.25) is 0 Å². The van der Waals surface area contributed by atoms with E-state index < -0.39 is 6.09 Å². The minimum Gasteiger partial charge on any atom is -0.465 e. The third-order valence-electron chi connectivity index (χ3n) is 2.95. The van der Waals surface area contributed by atoms with Gasteiger partial charge in [0, 0.05) is 11.9 Å². The average molecular weight is 291 g/mol. The Balaban J connectivity index is 1.80. The largest absolute Gasteiger partial charge is 0.465 e. The number of anilines is 1. The molecule has 1 aromatic heterocycles. The van der Waals surface area contributed by atoms with Crippen LogP contribution in [-0.4, -0.2) is 22.7 Å². The minimum absolute atomic E-state index is 0.437. The van der Waals surface area contributed by atoms with Gasteiger partial charge in [-0.1, -0.05) is 24.3 Å². The molecule has 0 aliphatic heterocycles. The van der Waals surface area contributed by atoms with Crippen molar-refractivity contribution < 1.29 is 9.90 Å². The number of carbonyl (C=O) groups is 1. The fourth-order valence-electron chi connectivity index (χ4n) is 1.90. The van der Waals surface area contributed by atoms with Gasteiger partial charge in [-0.05, 0) is 30.4 Å². The summed E-state index contributed by atoms with van der Waals surface area (Å²) in [5, 5.41) is 13.4. The van der Waals surface area contributed by atoms with Gasteiger partial charge in [-0.2, -0.15) is 0 Å². The fourth-order valence-corrected chi connectivity index (χ4v) is 2.49. The normalized spacial score (nSPS) is 10.4. The Bertz CT molecular complexity index is 566. The van der Waals surface area contributed by atoms with E-state index in [1.165, 1.54) is 16.9 Å². The van der Waals surface area contributed by atoms with Gasteiger partial charge in [0.1, 0.15) is 0 Å². The monoisotopic (exact) mass is 291 g/mol. The molecule has 0 aliphatic carbocycles. The summed E-state index contributed by atoms with van der Waals surface area (Å²) >= 11 is 1.47. The number of nitrogens with two attached hydrogens (primary N) is 1. The lowest BCUT2D eigenvalue weighted by Crippen LogP contribution is -2.23. The number of aromatic nitrogens is 1. The molecule has 0 spiro atoms. The number of nitrogens with zero attached hydrogens (tertiary/aromatic N) is 1. The molecule has 20 heavy (non-hydrogen) atoms. The summed E-state index contributed by atoms with van der Waals surface area (Å²) in [5.41, 5.74) is 8.99. The molecule has 1 heterocycles. The van der Waals surface area contributed by atoms with Crippen LogP contribution in [-0.2, 0) is 19.3 Å². The quantitative estimate of drug-likeness (QED) is 0.762. The molecule has 0 radical (unpaired) electrons. The molecule has 0 atom stereocenters. The van der Waals surface area contributed by atoms with Crippen LogP contribution in [0.1, 0.15) is 16.8 Å². The standard InChI is InChI=1S/C14H17N3O2S/c15-13-17-12(9-20-13)6-5-10-1-3-11(4-2-10)7-8-16-14(18)19/h1-4,9,16H,5-8H2,(H2,15,17)(H,18,19). The maximum absolute atomic E-state index is 10.3. The van der Waals surface area contributed by atoms with Crippen LogP contribution in [0.4, 0.5) is 9.93 Å². The first-order valence-electron chi connectivity index (χ1n) is 6.38. The van der Waals surface area contributed by atoms with Crippen molar-refractivity contribution in [3.05, 3.63) is 46.5 Å². The Morgan fingerprint density at radius 3 is 2.40 bits per heavy atom. The predicted molar refractivity (Wildman–Crippen MR) is 80.1 cm³/mol. The number of thiazole rings is 1. The molecule has 0 saturated heterocycles. The topological polar surface area (TPSA) is 88.2 Å². The lowest BCUT2D eigenvalue weighted by Gasteiger charge is -2.04. The number of hydrogen-bond donors (Lipinski definition) is 3. The zero-order valence-electron chi connectivity index (χ0n) is 11.0. The van der Waals surface area contributed by atoms with E-state index in [4.69, 9.17) is 10.8 Å². The van der Waals surface area contributed by atoms with Crippen molar-refractivity contribution in [1.82, 2.24) is 10.3 Å². The fraction of sp³-hybridized carbons (Fsp3) is 0.286. The van der Waals surface area contributed by atoms with E-state index in [2.05, 4.69) is 22.4 Å². The van der Waals surface area contributed by atoms with Gasteiger partial charge in [-0.25, -0.2) is 9.78 Å². The number of hydrogen-bond acceptors (Lipinski definition) is 4. The SMILES string of the molecule is Nc1nc(CCc2ccc(CCNC(=O)O)cc2)cs1. The van der Waals surface area contributed by atoms with Gasteiger partial charge in [0.15, 0.2) is 5.13 Å². The van der Waals surface area contributed by atoms with E-state index in [0.29, 0.717) is 18.1 Å². The van der Waals surface area contributed by atoms with E-state index in [1.807, 2.05) is 17.5 Å². The molecule has 106 valence electrons. The van der Waals surface area contributed by atoms with Crippen molar-refractivity contribution in [3.8, 4) is 0 Å². The highest BCUT2D eigenvalue weighted by atomic mass is 32.1. The molecule has 0 bridgehead atoms.